The molecule has 2 aromatic heterocycles. The molecule has 218 valence electrons. The van der Waals surface area contributed by atoms with Gasteiger partial charge in [-0.05, 0) is 62.2 Å². The van der Waals surface area contributed by atoms with E-state index in [0.717, 1.165) is 58.3 Å². The van der Waals surface area contributed by atoms with Gasteiger partial charge in [-0.15, -0.1) is 6.42 Å². The zero-order valence-corrected chi connectivity index (χ0v) is 23.9. The SMILES string of the molecule is C#Cc1cccc2cc(O)cc(-c3ncc4c(N5C[C@H]6CC[C@@H](C5)N6)nc(OCC56CCCN5CCC6=C)nc4c3F)c12. The number of rotatable bonds is 5. The van der Waals surface area contributed by atoms with Gasteiger partial charge in [0.1, 0.15) is 29.4 Å². The lowest BCUT2D eigenvalue weighted by atomic mass is 9.91. The monoisotopic (exact) mass is 576 g/mol. The fourth-order valence-electron chi connectivity index (χ4n) is 7.82. The van der Waals surface area contributed by atoms with E-state index in [0.29, 0.717) is 51.8 Å². The second kappa shape index (κ2) is 9.90. The topological polar surface area (TPSA) is 86.6 Å². The van der Waals surface area contributed by atoms with Crippen molar-refractivity contribution in [1.29, 1.82) is 0 Å². The maximum Gasteiger partial charge on any atom is 0.319 e. The molecule has 2 N–H and O–H groups in total. The van der Waals surface area contributed by atoms with Crippen LogP contribution in [0.25, 0.3) is 32.9 Å². The smallest absolute Gasteiger partial charge is 0.319 e. The van der Waals surface area contributed by atoms with E-state index in [2.05, 4.69) is 37.6 Å². The highest BCUT2D eigenvalue weighted by Crippen LogP contribution is 2.43. The van der Waals surface area contributed by atoms with Gasteiger partial charge in [0, 0.05) is 54.4 Å². The highest BCUT2D eigenvalue weighted by molar-refractivity contribution is 6.02. The van der Waals surface area contributed by atoms with Crippen LogP contribution in [0.15, 0.2) is 48.7 Å². The largest absolute Gasteiger partial charge is 0.508 e. The van der Waals surface area contributed by atoms with Crippen molar-refractivity contribution in [1.82, 2.24) is 25.2 Å². The number of benzene rings is 2. The number of ether oxygens (including phenoxy) is 1. The summed E-state index contributed by atoms with van der Waals surface area (Å²) >= 11 is 0. The van der Waals surface area contributed by atoms with Gasteiger partial charge in [0.15, 0.2) is 5.82 Å². The minimum absolute atomic E-state index is 0.00109. The van der Waals surface area contributed by atoms with E-state index in [1.165, 1.54) is 11.6 Å². The van der Waals surface area contributed by atoms with Crippen LogP contribution < -0.4 is 15.0 Å². The average molecular weight is 577 g/mol. The fraction of sp³-hybridized carbons (Fsp3) is 0.382. The van der Waals surface area contributed by atoms with E-state index >= 15 is 4.39 Å². The second-order valence-corrected chi connectivity index (χ2v) is 12.4. The van der Waals surface area contributed by atoms with Gasteiger partial charge in [0.05, 0.1) is 10.9 Å². The van der Waals surface area contributed by atoms with Crippen molar-refractivity contribution >= 4 is 27.5 Å². The Hall–Kier alpha value is -4.26. The molecule has 4 aliphatic heterocycles. The Balaban J connectivity index is 1.28. The molecule has 2 aromatic carbocycles. The zero-order chi connectivity index (χ0) is 29.3. The Morgan fingerprint density at radius 3 is 2.84 bits per heavy atom. The number of nitrogens with one attached hydrogen (secondary N) is 1. The van der Waals surface area contributed by atoms with Crippen LogP contribution >= 0.6 is 0 Å². The average Bonchev–Trinajstić information content (AvgIpc) is 3.68. The highest BCUT2D eigenvalue weighted by atomic mass is 19.1. The van der Waals surface area contributed by atoms with Gasteiger partial charge in [0.2, 0.25) is 0 Å². The predicted octanol–water partition coefficient (Wildman–Crippen LogP) is 4.78. The molecule has 1 unspecified atom stereocenters. The summed E-state index contributed by atoms with van der Waals surface area (Å²) in [5, 5.41) is 16.1. The quantitative estimate of drug-likeness (QED) is 0.259. The molecule has 43 heavy (non-hydrogen) atoms. The first-order chi connectivity index (χ1) is 20.9. The van der Waals surface area contributed by atoms with Crippen LogP contribution in [0.4, 0.5) is 10.2 Å². The van der Waals surface area contributed by atoms with Gasteiger partial charge >= 0.3 is 6.01 Å². The summed E-state index contributed by atoms with van der Waals surface area (Å²) in [6.07, 6.45) is 12.7. The van der Waals surface area contributed by atoms with Crippen LogP contribution in [0.1, 0.15) is 37.7 Å². The highest BCUT2D eigenvalue weighted by Gasteiger charge is 2.48. The summed E-state index contributed by atoms with van der Waals surface area (Å²) in [5.41, 5.74) is 2.17. The molecule has 4 aliphatic rings. The zero-order valence-electron chi connectivity index (χ0n) is 23.9. The summed E-state index contributed by atoms with van der Waals surface area (Å²) in [5.74, 6) is 2.72. The number of phenols is 1. The number of fused-ring (bicyclic) bond motifs is 5. The summed E-state index contributed by atoms with van der Waals surface area (Å²) < 4.78 is 23.1. The van der Waals surface area contributed by atoms with Crippen LogP contribution in [0.2, 0.25) is 0 Å². The van der Waals surface area contributed by atoms with Crippen LogP contribution in [-0.4, -0.2) is 75.4 Å². The van der Waals surface area contributed by atoms with Crippen molar-refractivity contribution < 1.29 is 14.2 Å². The molecule has 4 saturated heterocycles. The molecule has 9 heteroatoms. The van der Waals surface area contributed by atoms with Crippen molar-refractivity contribution in [2.45, 2.75) is 49.7 Å². The Labute approximate surface area is 249 Å². The van der Waals surface area contributed by atoms with Gasteiger partial charge in [-0.2, -0.15) is 9.97 Å². The number of piperazine rings is 1. The van der Waals surface area contributed by atoms with Crippen molar-refractivity contribution in [2.75, 3.05) is 37.7 Å². The molecular weight excluding hydrogens is 543 g/mol. The fourth-order valence-corrected chi connectivity index (χ4v) is 7.82. The number of hydrogen-bond acceptors (Lipinski definition) is 8. The minimum atomic E-state index is -0.603. The van der Waals surface area contributed by atoms with Gasteiger partial charge in [-0.3, -0.25) is 9.88 Å². The number of nitrogens with zero attached hydrogens (tertiary/aromatic N) is 5. The predicted molar refractivity (Wildman–Crippen MR) is 165 cm³/mol. The summed E-state index contributed by atoms with van der Waals surface area (Å²) in [6.45, 7) is 8.29. The standard InChI is InChI=1S/C34H33FN6O2/c1-3-21-6-4-7-22-14-25(42)15-26(28(21)22)30-29(35)31-27(16-36-30)32(40-17-23-8-9-24(18-40)37-23)39-33(38-31)43-19-34-11-5-12-41(34)13-10-20(34)2/h1,4,6-7,14-16,23-24,37,42H,2,5,8-13,17-19H2/t23-,24+,34?. The molecule has 0 amide bonds. The van der Waals surface area contributed by atoms with Crippen LogP contribution in [0, 0.1) is 18.2 Å². The van der Waals surface area contributed by atoms with Crippen molar-refractivity contribution in [3.8, 4) is 35.4 Å². The first kappa shape index (κ1) is 26.4. The third-order valence-electron chi connectivity index (χ3n) is 9.94. The van der Waals surface area contributed by atoms with E-state index in [-0.39, 0.29) is 28.5 Å². The van der Waals surface area contributed by atoms with E-state index < -0.39 is 5.82 Å². The van der Waals surface area contributed by atoms with E-state index in [1.54, 1.807) is 18.3 Å². The summed E-state index contributed by atoms with van der Waals surface area (Å²) in [7, 11) is 0. The van der Waals surface area contributed by atoms with Crippen molar-refractivity contribution in [3.05, 3.63) is 60.1 Å². The second-order valence-electron chi connectivity index (χ2n) is 12.4. The molecule has 4 fully saturated rings. The first-order valence-electron chi connectivity index (χ1n) is 15.1. The number of anilines is 1. The molecule has 0 spiro atoms. The molecule has 0 aliphatic carbocycles. The molecule has 8 nitrogen and oxygen atoms in total. The molecule has 8 rings (SSSR count). The van der Waals surface area contributed by atoms with Crippen molar-refractivity contribution in [2.24, 2.45) is 0 Å². The third-order valence-corrected chi connectivity index (χ3v) is 9.94. The molecule has 6 heterocycles. The minimum Gasteiger partial charge on any atom is -0.508 e. The Morgan fingerprint density at radius 2 is 2.02 bits per heavy atom. The van der Waals surface area contributed by atoms with Crippen LogP contribution in [-0.2, 0) is 0 Å². The number of aromatic nitrogens is 3. The van der Waals surface area contributed by atoms with Gasteiger partial charge < -0.3 is 20.1 Å². The van der Waals surface area contributed by atoms with E-state index in [4.69, 9.17) is 16.1 Å². The van der Waals surface area contributed by atoms with Gasteiger partial charge in [-0.25, -0.2) is 4.39 Å². The number of pyridine rings is 1. The van der Waals surface area contributed by atoms with Crippen LogP contribution in [0.3, 0.4) is 0 Å². The van der Waals surface area contributed by atoms with Gasteiger partial charge in [-0.1, -0.05) is 30.2 Å². The molecular formula is C34H33FN6O2. The Kier molecular flexibility index (Phi) is 6.07. The lowest BCUT2D eigenvalue weighted by Crippen LogP contribution is -2.51. The molecule has 4 aromatic rings. The number of terminal acetylenes is 1. The number of hydrogen-bond donors (Lipinski definition) is 2. The maximum absolute atomic E-state index is 16.8. The lowest BCUT2D eigenvalue weighted by molar-refractivity contribution is 0.131. The normalized spacial score (nSPS) is 25.0. The number of aromatic hydroxyl groups is 1. The van der Waals surface area contributed by atoms with Crippen LogP contribution in [0.5, 0.6) is 11.8 Å². The summed E-state index contributed by atoms with van der Waals surface area (Å²) in [4.78, 5) is 18.8. The van der Waals surface area contributed by atoms with E-state index in [1.807, 2.05) is 12.1 Å². The number of halogens is 1. The Morgan fingerprint density at radius 1 is 1.19 bits per heavy atom. The molecule has 0 saturated carbocycles. The molecule has 3 atom stereocenters. The third kappa shape index (κ3) is 4.15. The van der Waals surface area contributed by atoms with E-state index in [9.17, 15) is 5.11 Å². The number of phenolic OH excluding ortho intramolecular Hbond substituents is 1. The first-order valence-corrected chi connectivity index (χ1v) is 15.1. The molecule has 2 bridgehead atoms. The summed E-state index contributed by atoms with van der Waals surface area (Å²) in [6, 6.07) is 9.45. The lowest BCUT2D eigenvalue weighted by Gasteiger charge is -2.35. The Bertz CT molecular complexity index is 1840. The van der Waals surface area contributed by atoms with Gasteiger partial charge in [0.25, 0.3) is 0 Å². The maximum atomic E-state index is 16.8. The van der Waals surface area contributed by atoms with Crippen molar-refractivity contribution in [3.63, 3.8) is 0 Å². The molecule has 0 radical (unpaired) electrons.